The van der Waals surface area contributed by atoms with E-state index in [1.54, 1.807) is 0 Å². The summed E-state index contributed by atoms with van der Waals surface area (Å²) in [5.41, 5.74) is 0. The van der Waals surface area contributed by atoms with E-state index >= 15 is 0 Å². The fourth-order valence-electron chi connectivity index (χ4n) is 2.65. The summed E-state index contributed by atoms with van der Waals surface area (Å²) in [6, 6.07) is -0.705. The van der Waals surface area contributed by atoms with Crippen molar-refractivity contribution in [3.63, 3.8) is 0 Å². The molecular weight excluding hydrogens is 270 g/mol. The molecule has 0 aromatic carbocycles. The van der Waals surface area contributed by atoms with Gasteiger partial charge in [-0.05, 0) is 18.8 Å². The van der Waals surface area contributed by atoms with E-state index in [0.29, 0.717) is 12.3 Å². The van der Waals surface area contributed by atoms with Crippen LogP contribution in [0.1, 0.15) is 32.1 Å². The van der Waals surface area contributed by atoms with Gasteiger partial charge in [-0.2, -0.15) is 0 Å². The van der Waals surface area contributed by atoms with Crippen molar-refractivity contribution in [1.82, 2.24) is 4.90 Å². The van der Waals surface area contributed by atoms with Gasteiger partial charge in [0.25, 0.3) is 0 Å². The smallest absolute Gasteiger partial charge is 0.305 e. The van der Waals surface area contributed by atoms with Crippen LogP contribution in [0, 0.1) is 5.92 Å². The van der Waals surface area contributed by atoms with Crippen molar-refractivity contribution in [3.8, 4) is 0 Å². The van der Waals surface area contributed by atoms with Gasteiger partial charge in [0.05, 0.1) is 24.0 Å². The zero-order chi connectivity index (χ0) is 14.0. The van der Waals surface area contributed by atoms with Gasteiger partial charge < -0.3 is 10.0 Å². The highest BCUT2D eigenvalue weighted by atomic mass is 32.2. The first kappa shape index (κ1) is 14.3. The summed E-state index contributed by atoms with van der Waals surface area (Å²) in [4.78, 5) is 24.4. The Labute approximate surface area is 112 Å². The van der Waals surface area contributed by atoms with Crippen molar-refractivity contribution >= 4 is 21.7 Å². The second kappa shape index (κ2) is 5.48. The molecule has 19 heavy (non-hydrogen) atoms. The van der Waals surface area contributed by atoms with Gasteiger partial charge in [-0.1, -0.05) is 6.42 Å². The third-order valence-corrected chi connectivity index (χ3v) is 5.65. The second-order valence-corrected chi connectivity index (χ2v) is 7.68. The molecular formula is C12H19NO5S. The van der Waals surface area contributed by atoms with E-state index in [0.717, 1.165) is 19.3 Å². The molecule has 1 saturated carbocycles. The van der Waals surface area contributed by atoms with Crippen LogP contribution in [0.4, 0.5) is 0 Å². The van der Waals surface area contributed by atoms with Crippen molar-refractivity contribution in [2.24, 2.45) is 5.92 Å². The number of carbonyl (C=O) groups is 2. The number of aliphatic carboxylic acids is 1. The van der Waals surface area contributed by atoms with Gasteiger partial charge in [0.2, 0.25) is 5.91 Å². The molecule has 0 spiro atoms. The lowest BCUT2D eigenvalue weighted by molar-refractivity contribution is -0.141. The molecule has 0 aromatic heterocycles. The molecule has 1 aliphatic heterocycles. The van der Waals surface area contributed by atoms with E-state index in [1.807, 2.05) is 0 Å². The van der Waals surface area contributed by atoms with Gasteiger partial charge in [0, 0.05) is 13.0 Å². The van der Waals surface area contributed by atoms with Crippen molar-refractivity contribution in [2.45, 2.75) is 38.1 Å². The quantitative estimate of drug-likeness (QED) is 0.802. The maximum absolute atomic E-state index is 12.1. The van der Waals surface area contributed by atoms with Gasteiger partial charge >= 0.3 is 5.97 Å². The Kier molecular flexibility index (Phi) is 4.13. The Morgan fingerprint density at radius 2 is 1.89 bits per heavy atom. The molecule has 2 rings (SSSR count). The summed E-state index contributed by atoms with van der Waals surface area (Å²) in [5.74, 6) is -1.04. The van der Waals surface area contributed by atoms with E-state index in [-0.39, 0.29) is 30.4 Å². The minimum atomic E-state index is -3.22. The maximum atomic E-state index is 12.1. The molecule has 7 heteroatoms. The Balaban J connectivity index is 2.02. The largest absolute Gasteiger partial charge is 0.481 e. The Hall–Kier alpha value is -1.11. The minimum Gasteiger partial charge on any atom is -0.481 e. The summed E-state index contributed by atoms with van der Waals surface area (Å²) in [7, 11) is -3.22. The van der Waals surface area contributed by atoms with Gasteiger partial charge in [-0.15, -0.1) is 0 Å². The van der Waals surface area contributed by atoms with Crippen LogP contribution in [0.15, 0.2) is 0 Å². The van der Waals surface area contributed by atoms with Crippen molar-refractivity contribution in [1.29, 1.82) is 0 Å². The number of amides is 1. The number of carboxylic acid groups (broad SMARTS) is 1. The molecule has 2 fully saturated rings. The highest BCUT2D eigenvalue weighted by Crippen LogP contribution is 2.30. The maximum Gasteiger partial charge on any atom is 0.305 e. The van der Waals surface area contributed by atoms with Crippen LogP contribution >= 0.6 is 0 Å². The lowest BCUT2D eigenvalue weighted by Crippen LogP contribution is -2.52. The van der Waals surface area contributed by atoms with Gasteiger partial charge in [0.1, 0.15) is 0 Å². The average molecular weight is 289 g/mol. The molecule has 1 heterocycles. The molecule has 0 aromatic rings. The SMILES string of the molecule is O=C(O)CC1CS(=O)(=O)CCN1C(=O)CC1CCC1. The first-order valence-corrected chi connectivity index (χ1v) is 8.41. The Morgan fingerprint density at radius 1 is 1.21 bits per heavy atom. The number of sulfone groups is 1. The molecule has 0 radical (unpaired) electrons. The second-order valence-electron chi connectivity index (χ2n) is 5.45. The summed E-state index contributed by atoms with van der Waals surface area (Å²) in [6.45, 7) is 0.131. The predicted molar refractivity (Wildman–Crippen MR) is 68.4 cm³/mol. The van der Waals surface area contributed by atoms with Gasteiger partial charge in [-0.3, -0.25) is 9.59 Å². The Bertz CT molecular complexity index is 469. The molecule has 1 amide bonds. The third-order valence-electron chi connectivity index (χ3n) is 3.95. The van der Waals surface area contributed by atoms with Gasteiger partial charge in [0.15, 0.2) is 9.84 Å². The van der Waals surface area contributed by atoms with E-state index in [2.05, 4.69) is 0 Å². The van der Waals surface area contributed by atoms with Gasteiger partial charge in [-0.25, -0.2) is 8.42 Å². The summed E-state index contributed by atoms with van der Waals surface area (Å²) >= 11 is 0. The third kappa shape index (κ3) is 3.68. The highest BCUT2D eigenvalue weighted by molar-refractivity contribution is 7.91. The zero-order valence-corrected chi connectivity index (χ0v) is 11.6. The molecule has 2 aliphatic rings. The summed E-state index contributed by atoms with van der Waals surface area (Å²) in [6.07, 6.45) is 3.36. The number of rotatable bonds is 4. The standard InChI is InChI=1S/C12H19NO5S/c14-11(6-9-2-1-3-9)13-4-5-19(17,18)8-10(13)7-12(15)16/h9-10H,1-8H2,(H,15,16). The molecule has 1 unspecified atom stereocenters. The average Bonchev–Trinajstić information content (AvgIpc) is 2.21. The number of carbonyl (C=O) groups excluding carboxylic acids is 1. The van der Waals surface area contributed by atoms with Crippen molar-refractivity contribution in [2.75, 3.05) is 18.1 Å². The fraction of sp³-hybridized carbons (Fsp3) is 0.833. The van der Waals surface area contributed by atoms with Crippen LogP contribution in [0.2, 0.25) is 0 Å². The lowest BCUT2D eigenvalue weighted by Gasteiger charge is -2.36. The van der Waals surface area contributed by atoms with Crippen LogP contribution in [0.3, 0.4) is 0 Å². The number of carboxylic acids is 1. The molecule has 6 nitrogen and oxygen atoms in total. The predicted octanol–water partition coefficient (Wildman–Crippen LogP) is 0.277. The van der Waals surface area contributed by atoms with E-state index in [4.69, 9.17) is 5.11 Å². The minimum absolute atomic E-state index is 0.0560. The van der Waals surface area contributed by atoms with Crippen LogP contribution in [0.25, 0.3) is 0 Å². The van der Waals surface area contributed by atoms with Crippen molar-refractivity contribution < 1.29 is 23.1 Å². The lowest BCUT2D eigenvalue weighted by atomic mass is 9.82. The molecule has 1 saturated heterocycles. The first-order chi connectivity index (χ1) is 8.87. The monoisotopic (exact) mass is 289 g/mol. The molecule has 1 N–H and O–H groups in total. The fourth-order valence-corrected chi connectivity index (χ4v) is 4.17. The summed E-state index contributed by atoms with van der Waals surface area (Å²) < 4.78 is 23.1. The van der Waals surface area contributed by atoms with E-state index in [1.165, 1.54) is 4.90 Å². The normalized spacial score (nSPS) is 26.7. The zero-order valence-electron chi connectivity index (χ0n) is 10.7. The molecule has 1 aliphatic carbocycles. The number of nitrogens with zero attached hydrogens (tertiary/aromatic N) is 1. The highest BCUT2D eigenvalue weighted by Gasteiger charge is 2.36. The summed E-state index contributed by atoms with van der Waals surface area (Å²) in [5, 5.41) is 8.84. The molecule has 1 atom stereocenters. The van der Waals surface area contributed by atoms with Crippen molar-refractivity contribution in [3.05, 3.63) is 0 Å². The molecule has 108 valence electrons. The van der Waals surface area contributed by atoms with E-state index in [9.17, 15) is 18.0 Å². The topological polar surface area (TPSA) is 91.8 Å². The number of hydrogen-bond acceptors (Lipinski definition) is 4. The van der Waals surface area contributed by atoms with Crippen LogP contribution in [0.5, 0.6) is 0 Å². The van der Waals surface area contributed by atoms with E-state index < -0.39 is 21.8 Å². The van der Waals surface area contributed by atoms with Crippen LogP contribution in [-0.2, 0) is 19.4 Å². The molecule has 0 bridgehead atoms. The number of hydrogen-bond donors (Lipinski definition) is 1. The first-order valence-electron chi connectivity index (χ1n) is 6.59. The van der Waals surface area contributed by atoms with Crippen LogP contribution in [-0.4, -0.2) is 54.4 Å². The Morgan fingerprint density at radius 3 is 2.42 bits per heavy atom. The van der Waals surface area contributed by atoms with Crippen LogP contribution < -0.4 is 0 Å².